The standard InChI is InChI=1S/C25H26ClN5O4/c1-25(2,3)35-24(33)31(14-15-5-8-21(34-4)28-10-15)20-7-6-16(11-27-20)22(32)19-13-30-23-18(19)9-17(26)12-29-23/h5-13,22,32H,14H2,1-4H3,(H,29,30). The molecule has 0 saturated heterocycles. The molecular formula is C25H26ClN5O4. The Hall–Kier alpha value is -3.69. The topological polar surface area (TPSA) is 113 Å². The van der Waals surface area contributed by atoms with Crippen molar-refractivity contribution in [3.63, 3.8) is 0 Å². The predicted octanol–water partition coefficient (Wildman–Crippen LogP) is 5.04. The van der Waals surface area contributed by atoms with Crippen LogP contribution < -0.4 is 9.64 Å². The van der Waals surface area contributed by atoms with Crippen molar-refractivity contribution >= 4 is 34.5 Å². The molecule has 182 valence electrons. The maximum atomic E-state index is 13.0. The molecule has 0 aromatic carbocycles. The highest BCUT2D eigenvalue weighted by molar-refractivity contribution is 6.31. The first-order valence-corrected chi connectivity index (χ1v) is 11.3. The highest BCUT2D eigenvalue weighted by atomic mass is 35.5. The third-order valence-corrected chi connectivity index (χ3v) is 5.36. The van der Waals surface area contributed by atoms with Crippen LogP contribution in [0.25, 0.3) is 11.0 Å². The van der Waals surface area contributed by atoms with Crippen LogP contribution in [0.1, 0.15) is 43.6 Å². The molecule has 0 bridgehead atoms. The van der Waals surface area contributed by atoms with E-state index in [4.69, 9.17) is 21.1 Å². The highest BCUT2D eigenvalue weighted by Crippen LogP contribution is 2.30. The average Bonchev–Trinajstić information content (AvgIpc) is 3.24. The van der Waals surface area contributed by atoms with Gasteiger partial charge in [-0.05, 0) is 38.5 Å². The molecule has 4 aromatic rings. The van der Waals surface area contributed by atoms with Gasteiger partial charge in [-0.2, -0.15) is 0 Å². The van der Waals surface area contributed by atoms with Gasteiger partial charge >= 0.3 is 6.09 Å². The Morgan fingerprint density at radius 3 is 2.57 bits per heavy atom. The zero-order valence-corrected chi connectivity index (χ0v) is 20.6. The summed E-state index contributed by atoms with van der Waals surface area (Å²) in [6, 6.07) is 8.66. The van der Waals surface area contributed by atoms with Crippen LogP contribution in [0.15, 0.2) is 55.1 Å². The monoisotopic (exact) mass is 495 g/mol. The van der Waals surface area contributed by atoms with E-state index < -0.39 is 17.8 Å². The van der Waals surface area contributed by atoms with Gasteiger partial charge in [0.25, 0.3) is 0 Å². The van der Waals surface area contributed by atoms with Gasteiger partial charge in [0.15, 0.2) is 0 Å². The molecule has 0 fully saturated rings. The Labute approximate surface area is 207 Å². The molecule has 0 spiro atoms. The molecule has 0 saturated carbocycles. The van der Waals surface area contributed by atoms with E-state index in [2.05, 4.69) is 19.9 Å². The van der Waals surface area contributed by atoms with Gasteiger partial charge in [-0.15, -0.1) is 0 Å². The van der Waals surface area contributed by atoms with Crippen LogP contribution in [0.2, 0.25) is 5.02 Å². The molecule has 4 heterocycles. The van der Waals surface area contributed by atoms with E-state index >= 15 is 0 Å². The van der Waals surface area contributed by atoms with Gasteiger partial charge in [0.05, 0.1) is 18.7 Å². The fraction of sp³-hybridized carbons (Fsp3) is 0.280. The molecule has 4 aromatic heterocycles. The summed E-state index contributed by atoms with van der Waals surface area (Å²) in [5.74, 6) is 0.845. The molecule has 1 atom stereocenters. The van der Waals surface area contributed by atoms with E-state index in [1.54, 1.807) is 57.4 Å². The maximum Gasteiger partial charge on any atom is 0.416 e. The first-order chi connectivity index (χ1) is 16.6. The Balaban J connectivity index is 1.61. The summed E-state index contributed by atoms with van der Waals surface area (Å²) in [6.45, 7) is 5.58. The SMILES string of the molecule is COc1ccc(CN(C(=O)OC(C)(C)C)c2ccc(C(O)c3c[nH]c4ncc(Cl)cc34)cn2)cn1. The van der Waals surface area contributed by atoms with Gasteiger partial charge in [-0.1, -0.05) is 23.7 Å². The summed E-state index contributed by atoms with van der Waals surface area (Å²) in [6.07, 6.45) is 4.87. The molecule has 2 N–H and O–H groups in total. The van der Waals surface area contributed by atoms with Crippen LogP contribution in [-0.2, 0) is 11.3 Å². The van der Waals surface area contributed by atoms with Crippen molar-refractivity contribution in [3.8, 4) is 5.88 Å². The lowest BCUT2D eigenvalue weighted by molar-refractivity contribution is 0.0576. The number of aliphatic hydroxyl groups is 1. The van der Waals surface area contributed by atoms with Crippen LogP contribution in [0.5, 0.6) is 5.88 Å². The zero-order valence-electron chi connectivity index (χ0n) is 19.8. The number of H-pyrrole nitrogens is 1. The third-order valence-electron chi connectivity index (χ3n) is 5.15. The summed E-state index contributed by atoms with van der Waals surface area (Å²) in [4.78, 5) is 30.4. The molecule has 0 aliphatic carbocycles. The molecule has 0 aliphatic rings. The number of ether oxygens (including phenoxy) is 2. The summed E-state index contributed by atoms with van der Waals surface area (Å²) in [5.41, 5.74) is 1.87. The summed E-state index contributed by atoms with van der Waals surface area (Å²) < 4.78 is 10.7. The first-order valence-electron chi connectivity index (χ1n) is 10.9. The normalized spacial score (nSPS) is 12.4. The van der Waals surface area contributed by atoms with Gasteiger partial charge in [0.1, 0.15) is 23.2 Å². The fourth-order valence-corrected chi connectivity index (χ4v) is 3.64. The number of aromatic nitrogens is 4. The number of nitrogens with zero attached hydrogens (tertiary/aromatic N) is 4. The van der Waals surface area contributed by atoms with Crippen LogP contribution in [0.4, 0.5) is 10.6 Å². The molecule has 0 aliphatic heterocycles. The fourth-order valence-electron chi connectivity index (χ4n) is 3.49. The first kappa shape index (κ1) is 24.4. The number of methoxy groups -OCH3 is 1. The van der Waals surface area contributed by atoms with Crippen LogP contribution in [-0.4, -0.2) is 43.8 Å². The van der Waals surface area contributed by atoms with E-state index in [-0.39, 0.29) is 6.54 Å². The van der Waals surface area contributed by atoms with Crippen molar-refractivity contribution in [3.05, 3.63) is 76.8 Å². The van der Waals surface area contributed by atoms with Crippen molar-refractivity contribution in [1.82, 2.24) is 19.9 Å². The lowest BCUT2D eigenvalue weighted by Crippen LogP contribution is -2.37. The van der Waals surface area contributed by atoms with Gasteiger partial charge in [0, 0.05) is 47.4 Å². The Kier molecular flexibility index (Phi) is 6.90. The van der Waals surface area contributed by atoms with Crippen molar-refractivity contribution in [1.29, 1.82) is 0 Å². The van der Waals surface area contributed by atoms with E-state index in [1.807, 2.05) is 6.07 Å². The largest absolute Gasteiger partial charge is 0.481 e. The molecular weight excluding hydrogens is 470 g/mol. The van der Waals surface area contributed by atoms with Crippen molar-refractivity contribution < 1.29 is 19.4 Å². The number of pyridine rings is 3. The number of rotatable bonds is 6. The van der Waals surface area contributed by atoms with E-state index in [0.29, 0.717) is 33.5 Å². The minimum absolute atomic E-state index is 0.188. The van der Waals surface area contributed by atoms with Gasteiger partial charge in [-0.25, -0.2) is 19.7 Å². The quantitative estimate of drug-likeness (QED) is 0.385. The van der Waals surface area contributed by atoms with Gasteiger partial charge in [0.2, 0.25) is 5.88 Å². The third kappa shape index (κ3) is 5.70. The highest BCUT2D eigenvalue weighted by Gasteiger charge is 2.25. The maximum absolute atomic E-state index is 13.0. The number of halogens is 1. The molecule has 1 amide bonds. The van der Waals surface area contributed by atoms with E-state index in [1.165, 1.54) is 24.4 Å². The summed E-state index contributed by atoms with van der Waals surface area (Å²) in [7, 11) is 1.54. The number of nitrogens with one attached hydrogen (secondary N) is 1. The van der Waals surface area contributed by atoms with Crippen molar-refractivity contribution in [2.45, 2.75) is 39.0 Å². The number of hydrogen-bond donors (Lipinski definition) is 2. The molecule has 9 nitrogen and oxygen atoms in total. The van der Waals surface area contributed by atoms with Crippen LogP contribution in [0.3, 0.4) is 0 Å². The minimum atomic E-state index is -0.966. The number of carbonyl (C=O) groups excluding carboxylic acids is 1. The predicted molar refractivity (Wildman–Crippen MR) is 133 cm³/mol. The number of carbonyl (C=O) groups is 1. The lowest BCUT2D eigenvalue weighted by Gasteiger charge is -2.27. The number of aliphatic hydroxyl groups excluding tert-OH is 1. The summed E-state index contributed by atoms with van der Waals surface area (Å²) >= 11 is 6.08. The Bertz CT molecular complexity index is 1320. The number of hydrogen-bond acceptors (Lipinski definition) is 7. The van der Waals surface area contributed by atoms with Gasteiger partial charge in [-0.3, -0.25) is 4.90 Å². The Morgan fingerprint density at radius 1 is 1.14 bits per heavy atom. The average molecular weight is 496 g/mol. The van der Waals surface area contributed by atoms with Crippen molar-refractivity contribution in [2.75, 3.05) is 12.0 Å². The number of amides is 1. The molecule has 0 radical (unpaired) electrons. The Morgan fingerprint density at radius 2 is 1.94 bits per heavy atom. The van der Waals surface area contributed by atoms with Gasteiger partial charge < -0.3 is 19.6 Å². The lowest BCUT2D eigenvalue weighted by atomic mass is 10.0. The van der Waals surface area contributed by atoms with Crippen molar-refractivity contribution in [2.24, 2.45) is 0 Å². The molecule has 35 heavy (non-hydrogen) atoms. The molecule has 1 unspecified atom stereocenters. The zero-order chi connectivity index (χ0) is 25.2. The minimum Gasteiger partial charge on any atom is -0.481 e. The molecule has 10 heteroatoms. The molecule has 4 rings (SSSR count). The van der Waals surface area contributed by atoms with E-state index in [0.717, 1.165) is 10.9 Å². The van der Waals surface area contributed by atoms with E-state index in [9.17, 15) is 9.90 Å². The van der Waals surface area contributed by atoms with Crippen LogP contribution >= 0.6 is 11.6 Å². The summed E-state index contributed by atoms with van der Waals surface area (Å²) in [5, 5.41) is 12.2. The smallest absolute Gasteiger partial charge is 0.416 e. The number of aromatic amines is 1. The second-order valence-corrected chi connectivity index (χ2v) is 9.36. The van der Waals surface area contributed by atoms with Crippen LogP contribution in [0, 0.1) is 0 Å². The second kappa shape index (κ2) is 9.89. The number of fused-ring (bicyclic) bond motifs is 1. The second-order valence-electron chi connectivity index (χ2n) is 8.92. The number of anilines is 1.